The predicted octanol–water partition coefficient (Wildman–Crippen LogP) is 0.277. The molecule has 1 aromatic rings. The van der Waals surface area contributed by atoms with Crippen LogP contribution in [0, 0.1) is 6.92 Å². The second-order valence-electron chi connectivity index (χ2n) is 6.34. The molecule has 1 aliphatic heterocycles. The number of aryl methyl sites for hydroxylation is 1. The van der Waals surface area contributed by atoms with Gasteiger partial charge in [0.1, 0.15) is 0 Å². The van der Waals surface area contributed by atoms with Gasteiger partial charge >= 0.3 is 17.6 Å². The number of hydrogen-bond donors (Lipinski definition) is 2. The summed E-state index contributed by atoms with van der Waals surface area (Å²) in [5, 5.41) is 14.8. The SMILES string of the molecule is Cc1cc(=O)n(C)c(=O)n1CCCCCN1CCCC1.O=C(O)C(=O)O. The van der Waals surface area contributed by atoms with Crippen LogP contribution < -0.4 is 11.2 Å². The maximum atomic E-state index is 12.0. The summed E-state index contributed by atoms with van der Waals surface area (Å²) in [6, 6.07) is 1.53. The van der Waals surface area contributed by atoms with E-state index in [1.54, 1.807) is 4.57 Å². The zero-order valence-electron chi connectivity index (χ0n) is 15.3. The third-order valence-corrected chi connectivity index (χ3v) is 4.34. The van der Waals surface area contributed by atoms with Crippen LogP contribution in [0.5, 0.6) is 0 Å². The van der Waals surface area contributed by atoms with Crippen molar-refractivity contribution in [2.75, 3.05) is 19.6 Å². The first kappa shape index (κ1) is 21.6. The lowest BCUT2D eigenvalue weighted by molar-refractivity contribution is -0.159. The highest BCUT2D eigenvalue weighted by Crippen LogP contribution is 2.09. The summed E-state index contributed by atoms with van der Waals surface area (Å²) in [4.78, 5) is 44.2. The molecule has 0 radical (unpaired) electrons. The molecule has 146 valence electrons. The molecule has 1 aromatic heterocycles. The van der Waals surface area contributed by atoms with Crippen LogP contribution in [0.3, 0.4) is 0 Å². The van der Waals surface area contributed by atoms with Crippen molar-refractivity contribution in [3.05, 3.63) is 32.6 Å². The van der Waals surface area contributed by atoms with Crippen LogP contribution in [0.15, 0.2) is 15.7 Å². The standard InChI is InChI=1S/C15H25N3O2.C2H2O4/c1-13-12-14(19)16(2)15(20)18(13)11-5-3-4-8-17-9-6-7-10-17;3-1(4)2(5)6/h12H,3-11H2,1-2H3;(H,3,4)(H,5,6). The Balaban J connectivity index is 0.000000487. The molecule has 2 heterocycles. The molecule has 0 bridgehead atoms. The van der Waals surface area contributed by atoms with E-state index in [0.717, 1.165) is 18.5 Å². The van der Waals surface area contributed by atoms with Crippen molar-refractivity contribution in [3.63, 3.8) is 0 Å². The second-order valence-corrected chi connectivity index (χ2v) is 6.34. The van der Waals surface area contributed by atoms with Crippen molar-refractivity contribution >= 4 is 11.9 Å². The maximum Gasteiger partial charge on any atom is 0.414 e. The van der Waals surface area contributed by atoms with Crippen LogP contribution in [0.25, 0.3) is 0 Å². The van der Waals surface area contributed by atoms with Crippen LogP contribution in [-0.4, -0.2) is 55.8 Å². The minimum absolute atomic E-state index is 0.199. The van der Waals surface area contributed by atoms with Crippen LogP contribution in [0.4, 0.5) is 0 Å². The van der Waals surface area contributed by atoms with Gasteiger partial charge in [-0.3, -0.25) is 13.9 Å². The molecule has 2 rings (SSSR count). The number of hydrogen-bond acceptors (Lipinski definition) is 5. The lowest BCUT2D eigenvalue weighted by Crippen LogP contribution is -2.38. The molecule has 0 saturated carbocycles. The second kappa shape index (κ2) is 10.5. The Morgan fingerprint density at radius 2 is 1.54 bits per heavy atom. The Kier molecular flexibility index (Phi) is 8.77. The number of rotatable bonds is 6. The summed E-state index contributed by atoms with van der Waals surface area (Å²) in [6.45, 7) is 6.21. The van der Waals surface area contributed by atoms with Gasteiger partial charge in [0.05, 0.1) is 0 Å². The van der Waals surface area contributed by atoms with Gasteiger partial charge in [-0.15, -0.1) is 0 Å². The van der Waals surface area contributed by atoms with Crippen molar-refractivity contribution in [3.8, 4) is 0 Å². The van der Waals surface area contributed by atoms with E-state index < -0.39 is 11.9 Å². The molecule has 0 amide bonds. The van der Waals surface area contributed by atoms with E-state index in [9.17, 15) is 9.59 Å². The molecule has 2 N–H and O–H groups in total. The van der Waals surface area contributed by atoms with Crippen molar-refractivity contribution in [2.24, 2.45) is 7.05 Å². The molecular formula is C17H27N3O6. The van der Waals surface area contributed by atoms with Gasteiger partial charge in [0.2, 0.25) is 0 Å². The Bertz CT molecular complexity index is 719. The van der Waals surface area contributed by atoms with Gasteiger partial charge < -0.3 is 15.1 Å². The van der Waals surface area contributed by atoms with Crippen molar-refractivity contribution < 1.29 is 19.8 Å². The molecule has 0 unspecified atom stereocenters. The molecule has 1 aliphatic rings. The number of carbonyl (C=O) groups is 2. The largest absolute Gasteiger partial charge is 0.473 e. The average Bonchev–Trinajstić information content (AvgIpc) is 3.09. The van der Waals surface area contributed by atoms with E-state index in [-0.39, 0.29) is 11.2 Å². The number of aromatic nitrogens is 2. The van der Waals surface area contributed by atoms with Crippen LogP contribution in [0.2, 0.25) is 0 Å². The average molecular weight is 369 g/mol. The van der Waals surface area contributed by atoms with Gasteiger partial charge in [-0.1, -0.05) is 6.42 Å². The highest BCUT2D eigenvalue weighted by atomic mass is 16.4. The Morgan fingerprint density at radius 3 is 2.08 bits per heavy atom. The van der Waals surface area contributed by atoms with E-state index in [4.69, 9.17) is 19.8 Å². The number of nitrogens with zero attached hydrogens (tertiary/aromatic N) is 3. The normalized spacial score (nSPS) is 13.9. The summed E-state index contributed by atoms with van der Waals surface area (Å²) in [5.41, 5.74) is 0.338. The zero-order chi connectivity index (χ0) is 19.7. The third kappa shape index (κ3) is 6.83. The van der Waals surface area contributed by atoms with E-state index in [2.05, 4.69) is 4.90 Å². The Morgan fingerprint density at radius 1 is 1.00 bits per heavy atom. The van der Waals surface area contributed by atoms with Crippen LogP contribution >= 0.6 is 0 Å². The van der Waals surface area contributed by atoms with Crippen LogP contribution in [-0.2, 0) is 23.2 Å². The summed E-state index contributed by atoms with van der Waals surface area (Å²) < 4.78 is 2.88. The summed E-state index contributed by atoms with van der Waals surface area (Å²) in [6.07, 6.45) is 6.00. The van der Waals surface area contributed by atoms with Crippen molar-refractivity contribution in [2.45, 2.75) is 45.6 Å². The Labute approximate surface area is 151 Å². The highest BCUT2D eigenvalue weighted by Gasteiger charge is 2.10. The molecule has 0 aromatic carbocycles. The van der Waals surface area contributed by atoms with Gasteiger partial charge in [-0.05, 0) is 52.2 Å². The van der Waals surface area contributed by atoms with E-state index in [1.165, 1.54) is 56.6 Å². The number of aliphatic carboxylic acids is 2. The number of carboxylic acids is 2. The molecule has 9 nitrogen and oxygen atoms in total. The summed E-state index contributed by atoms with van der Waals surface area (Å²) >= 11 is 0. The predicted molar refractivity (Wildman–Crippen MR) is 95.5 cm³/mol. The number of carboxylic acid groups (broad SMARTS) is 2. The van der Waals surface area contributed by atoms with E-state index in [0.29, 0.717) is 6.54 Å². The third-order valence-electron chi connectivity index (χ3n) is 4.34. The molecule has 1 fully saturated rings. The summed E-state index contributed by atoms with van der Waals surface area (Å²) in [5.74, 6) is -3.65. The monoisotopic (exact) mass is 369 g/mol. The Hall–Kier alpha value is -2.42. The molecule has 0 spiro atoms. The quantitative estimate of drug-likeness (QED) is 0.545. The van der Waals surface area contributed by atoms with Gasteiger partial charge in [0.15, 0.2) is 0 Å². The van der Waals surface area contributed by atoms with E-state index in [1.807, 2.05) is 6.92 Å². The first-order valence-electron chi connectivity index (χ1n) is 8.70. The fourth-order valence-corrected chi connectivity index (χ4v) is 2.84. The molecule has 9 heteroatoms. The number of likely N-dealkylation sites (tertiary alicyclic amines) is 1. The minimum Gasteiger partial charge on any atom is -0.473 e. The van der Waals surface area contributed by atoms with E-state index >= 15 is 0 Å². The zero-order valence-corrected chi connectivity index (χ0v) is 15.3. The van der Waals surface area contributed by atoms with Gasteiger partial charge in [0.25, 0.3) is 5.56 Å². The topological polar surface area (TPSA) is 122 Å². The van der Waals surface area contributed by atoms with Crippen LogP contribution in [0.1, 0.15) is 37.8 Å². The minimum atomic E-state index is -1.82. The first-order valence-corrected chi connectivity index (χ1v) is 8.70. The number of unbranched alkanes of at least 4 members (excludes halogenated alkanes) is 2. The smallest absolute Gasteiger partial charge is 0.414 e. The van der Waals surface area contributed by atoms with Gasteiger partial charge in [-0.25, -0.2) is 14.4 Å². The maximum absolute atomic E-state index is 12.0. The fourth-order valence-electron chi connectivity index (χ4n) is 2.84. The molecule has 0 atom stereocenters. The lowest BCUT2D eigenvalue weighted by atomic mass is 10.2. The molecule has 1 saturated heterocycles. The first-order chi connectivity index (χ1) is 12.2. The fraction of sp³-hybridized carbons (Fsp3) is 0.647. The summed E-state index contributed by atoms with van der Waals surface area (Å²) in [7, 11) is 1.54. The van der Waals surface area contributed by atoms with Crippen molar-refractivity contribution in [1.82, 2.24) is 14.0 Å². The lowest BCUT2D eigenvalue weighted by Gasteiger charge is -2.14. The molecular weight excluding hydrogens is 342 g/mol. The van der Waals surface area contributed by atoms with Gasteiger partial charge in [0, 0.05) is 25.4 Å². The highest BCUT2D eigenvalue weighted by molar-refractivity contribution is 6.27. The van der Waals surface area contributed by atoms with Gasteiger partial charge in [-0.2, -0.15) is 0 Å². The van der Waals surface area contributed by atoms with Crippen molar-refractivity contribution in [1.29, 1.82) is 0 Å². The molecule has 0 aliphatic carbocycles. The molecule has 26 heavy (non-hydrogen) atoms.